The van der Waals surface area contributed by atoms with Crippen molar-refractivity contribution >= 4 is 17.2 Å². The van der Waals surface area contributed by atoms with Crippen LogP contribution in [0.4, 0.5) is 0 Å². The molecule has 3 N–H and O–H groups in total. The number of benzene rings is 1. The fourth-order valence-electron chi connectivity index (χ4n) is 1.42. The molecular weight excluding hydrogens is 250 g/mol. The second-order valence-electron chi connectivity index (χ2n) is 3.68. The van der Waals surface area contributed by atoms with Gasteiger partial charge in [-0.1, -0.05) is 17.3 Å². The van der Waals surface area contributed by atoms with E-state index in [-0.39, 0.29) is 5.84 Å². The highest BCUT2D eigenvalue weighted by atomic mass is 32.1. The summed E-state index contributed by atoms with van der Waals surface area (Å²) < 4.78 is 5.60. The van der Waals surface area contributed by atoms with Gasteiger partial charge in [0.05, 0.1) is 0 Å². The van der Waals surface area contributed by atoms with Crippen molar-refractivity contribution in [2.75, 3.05) is 0 Å². The lowest BCUT2D eigenvalue weighted by molar-refractivity contribution is 0.305. The molecule has 18 heavy (non-hydrogen) atoms. The van der Waals surface area contributed by atoms with E-state index >= 15 is 0 Å². The molecule has 0 saturated carbocycles. The number of nitrogens with zero attached hydrogens (tertiary/aromatic N) is 2. The van der Waals surface area contributed by atoms with Crippen molar-refractivity contribution in [1.29, 1.82) is 0 Å². The summed E-state index contributed by atoms with van der Waals surface area (Å²) in [5, 5.41) is 14.4. The molecule has 0 bridgehead atoms. The molecule has 2 aromatic rings. The number of rotatable bonds is 4. The van der Waals surface area contributed by atoms with E-state index in [1.165, 1.54) is 0 Å². The van der Waals surface area contributed by atoms with Crippen molar-refractivity contribution in [1.82, 2.24) is 4.98 Å². The number of hydrogen-bond acceptors (Lipinski definition) is 5. The molecule has 0 atom stereocenters. The van der Waals surface area contributed by atoms with E-state index in [2.05, 4.69) is 10.1 Å². The number of aromatic nitrogens is 1. The maximum absolute atomic E-state index is 8.60. The number of hydrogen-bond donors (Lipinski definition) is 2. The molecule has 5 nitrogen and oxygen atoms in total. The van der Waals surface area contributed by atoms with E-state index < -0.39 is 0 Å². The summed E-state index contributed by atoms with van der Waals surface area (Å²) in [7, 11) is 0. The molecule has 1 aromatic heterocycles. The number of thiazole rings is 1. The maximum Gasteiger partial charge on any atom is 0.170 e. The molecule has 0 radical (unpaired) electrons. The zero-order chi connectivity index (χ0) is 13.0. The van der Waals surface area contributed by atoms with Crippen LogP contribution in [-0.2, 0) is 6.61 Å². The number of nitrogens with two attached hydrogens (primary N) is 1. The SMILES string of the molecule is Cc1csc(COc2cccc(C(N)=NO)c2)n1. The first-order valence-corrected chi connectivity index (χ1v) is 6.19. The predicted octanol–water partition coefficient (Wildman–Crippen LogP) is 2.13. The van der Waals surface area contributed by atoms with Crippen LogP contribution in [0.3, 0.4) is 0 Å². The molecule has 0 unspecified atom stereocenters. The van der Waals surface area contributed by atoms with Crippen LogP contribution in [0.25, 0.3) is 0 Å². The molecule has 0 fully saturated rings. The van der Waals surface area contributed by atoms with Crippen LogP contribution in [0, 0.1) is 6.92 Å². The van der Waals surface area contributed by atoms with Crippen LogP contribution in [-0.4, -0.2) is 16.0 Å². The van der Waals surface area contributed by atoms with E-state index in [0.29, 0.717) is 17.9 Å². The van der Waals surface area contributed by atoms with Gasteiger partial charge in [0.1, 0.15) is 17.4 Å². The predicted molar refractivity (Wildman–Crippen MR) is 70.1 cm³/mol. The van der Waals surface area contributed by atoms with Crippen molar-refractivity contribution in [2.45, 2.75) is 13.5 Å². The van der Waals surface area contributed by atoms with Crippen LogP contribution >= 0.6 is 11.3 Å². The average molecular weight is 263 g/mol. The highest BCUT2D eigenvalue weighted by Gasteiger charge is 2.03. The van der Waals surface area contributed by atoms with Crippen LogP contribution in [0.2, 0.25) is 0 Å². The first-order valence-electron chi connectivity index (χ1n) is 5.31. The monoisotopic (exact) mass is 263 g/mol. The quantitative estimate of drug-likeness (QED) is 0.383. The van der Waals surface area contributed by atoms with Crippen LogP contribution < -0.4 is 10.5 Å². The molecule has 0 spiro atoms. The summed E-state index contributed by atoms with van der Waals surface area (Å²) in [6, 6.07) is 7.06. The van der Waals surface area contributed by atoms with Gasteiger partial charge in [0.15, 0.2) is 5.84 Å². The van der Waals surface area contributed by atoms with E-state index in [9.17, 15) is 0 Å². The number of oxime groups is 1. The fourth-order valence-corrected chi connectivity index (χ4v) is 2.10. The molecule has 1 heterocycles. The third-order valence-electron chi connectivity index (χ3n) is 2.27. The Morgan fingerprint density at radius 2 is 2.39 bits per heavy atom. The molecule has 0 saturated heterocycles. The van der Waals surface area contributed by atoms with Crippen LogP contribution in [0.15, 0.2) is 34.8 Å². The summed E-state index contributed by atoms with van der Waals surface area (Å²) in [5.74, 6) is 0.720. The Morgan fingerprint density at radius 1 is 1.56 bits per heavy atom. The largest absolute Gasteiger partial charge is 0.486 e. The van der Waals surface area contributed by atoms with Gasteiger partial charge in [0, 0.05) is 16.6 Å². The normalized spacial score (nSPS) is 11.5. The minimum atomic E-state index is 0.0607. The van der Waals surface area contributed by atoms with Gasteiger partial charge in [-0.05, 0) is 19.1 Å². The standard InChI is InChI=1S/C12H13N3O2S/c1-8-7-18-11(14-8)6-17-10-4-2-3-9(5-10)12(13)15-16/h2-5,7,16H,6H2,1H3,(H2,13,15). The van der Waals surface area contributed by atoms with Gasteiger partial charge in [-0.25, -0.2) is 4.98 Å². The molecule has 0 aliphatic heterocycles. The van der Waals surface area contributed by atoms with Gasteiger partial charge in [-0.3, -0.25) is 0 Å². The second kappa shape index (κ2) is 5.50. The number of aryl methyl sites for hydroxylation is 1. The molecular formula is C12H13N3O2S. The molecule has 0 aliphatic carbocycles. The second-order valence-corrected chi connectivity index (χ2v) is 4.63. The Morgan fingerprint density at radius 3 is 3.06 bits per heavy atom. The summed E-state index contributed by atoms with van der Waals surface area (Å²) in [6.07, 6.45) is 0. The van der Waals surface area contributed by atoms with Gasteiger partial charge < -0.3 is 15.7 Å². The van der Waals surface area contributed by atoms with Crippen molar-refractivity contribution in [3.05, 3.63) is 45.9 Å². The van der Waals surface area contributed by atoms with Gasteiger partial charge in [0.2, 0.25) is 0 Å². The van der Waals surface area contributed by atoms with Crippen LogP contribution in [0.5, 0.6) is 5.75 Å². The summed E-state index contributed by atoms with van der Waals surface area (Å²) in [6.45, 7) is 2.36. The Kier molecular flexibility index (Phi) is 3.78. The molecule has 0 amide bonds. The van der Waals surface area contributed by atoms with E-state index in [1.807, 2.05) is 18.4 Å². The van der Waals surface area contributed by atoms with Gasteiger partial charge in [-0.2, -0.15) is 0 Å². The molecule has 94 valence electrons. The summed E-state index contributed by atoms with van der Waals surface area (Å²) in [4.78, 5) is 4.30. The summed E-state index contributed by atoms with van der Waals surface area (Å²) in [5.41, 5.74) is 7.11. The number of ether oxygens (including phenoxy) is 1. The van der Waals surface area contributed by atoms with Gasteiger partial charge in [-0.15, -0.1) is 11.3 Å². The minimum absolute atomic E-state index is 0.0607. The minimum Gasteiger partial charge on any atom is -0.486 e. The highest BCUT2D eigenvalue weighted by molar-refractivity contribution is 7.09. The first kappa shape index (κ1) is 12.4. The third-order valence-corrected chi connectivity index (χ3v) is 3.21. The fraction of sp³-hybridized carbons (Fsp3) is 0.167. The van der Waals surface area contributed by atoms with Crippen molar-refractivity contribution in [3.63, 3.8) is 0 Å². The Hall–Kier alpha value is -2.08. The number of amidine groups is 1. The lowest BCUT2D eigenvalue weighted by Gasteiger charge is -2.05. The summed E-state index contributed by atoms with van der Waals surface area (Å²) >= 11 is 1.56. The average Bonchev–Trinajstić information content (AvgIpc) is 2.81. The molecule has 0 aliphatic rings. The van der Waals surface area contributed by atoms with E-state index in [1.54, 1.807) is 29.5 Å². The van der Waals surface area contributed by atoms with Gasteiger partial charge >= 0.3 is 0 Å². The maximum atomic E-state index is 8.60. The zero-order valence-electron chi connectivity index (χ0n) is 9.83. The highest BCUT2D eigenvalue weighted by Crippen LogP contribution is 2.16. The van der Waals surface area contributed by atoms with E-state index in [0.717, 1.165) is 10.7 Å². The third kappa shape index (κ3) is 2.98. The van der Waals surface area contributed by atoms with Gasteiger partial charge in [0.25, 0.3) is 0 Å². The molecule has 1 aromatic carbocycles. The zero-order valence-corrected chi connectivity index (χ0v) is 10.6. The topological polar surface area (TPSA) is 80.7 Å². The Balaban J connectivity index is 2.05. The lowest BCUT2D eigenvalue weighted by Crippen LogP contribution is -2.12. The smallest absolute Gasteiger partial charge is 0.170 e. The first-order chi connectivity index (χ1) is 8.69. The van der Waals surface area contributed by atoms with Crippen molar-refractivity contribution in [2.24, 2.45) is 10.9 Å². The lowest BCUT2D eigenvalue weighted by atomic mass is 10.2. The Bertz CT molecular complexity index is 566. The van der Waals surface area contributed by atoms with Crippen molar-refractivity contribution < 1.29 is 9.94 Å². The van der Waals surface area contributed by atoms with Crippen LogP contribution in [0.1, 0.15) is 16.3 Å². The van der Waals surface area contributed by atoms with E-state index in [4.69, 9.17) is 15.7 Å². The molecule has 2 rings (SSSR count). The Labute approximate surface area is 109 Å². The van der Waals surface area contributed by atoms with Crippen molar-refractivity contribution in [3.8, 4) is 5.75 Å². The molecule has 6 heteroatoms.